The van der Waals surface area contributed by atoms with Gasteiger partial charge in [-0.3, -0.25) is 0 Å². The van der Waals surface area contributed by atoms with Crippen molar-refractivity contribution in [2.45, 2.75) is 46.2 Å². The van der Waals surface area contributed by atoms with Crippen LogP contribution in [0.15, 0.2) is 12.1 Å². The van der Waals surface area contributed by atoms with E-state index in [1.807, 2.05) is 0 Å². The minimum atomic E-state index is 0.528. The molecule has 1 aromatic heterocycles. The Morgan fingerprint density at radius 3 is 2.76 bits per heavy atom. The Balaban J connectivity index is 2.15. The SMILES string of the molecule is CCCNCc1cc(CC)nc(N2CCN(C)CC2C)c1. The van der Waals surface area contributed by atoms with Gasteiger partial charge in [0.05, 0.1) is 0 Å². The third kappa shape index (κ3) is 4.42. The van der Waals surface area contributed by atoms with Crippen molar-refractivity contribution in [1.82, 2.24) is 15.2 Å². The third-order valence-electron chi connectivity index (χ3n) is 4.17. The molecule has 1 unspecified atom stereocenters. The fourth-order valence-corrected chi connectivity index (χ4v) is 2.95. The minimum Gasteiger partial charge on any atom is -0.351 e. The van der Waals surface area contributed by atoms with Crippen molar-refractivity contribution in [2.24, 2.45) is 0 Å². The van der Waals surface area contributed by atoms with E-state index in [1.54, 1.807) is 0 Å². The molecule has 0 aromatic carbocycles. The van der Waals surface area contributed by atoms with E-state index >= 15 is 0 Å². The molecule has 0 aliphatic carbocycles. The predicted molar refractivity (Wildman–Crippen MR) is 89.9 cm³/mol. The maximum Gasteiger partial charge on any atom is 0.129 e. The van der Waals surface area contributed by atoms with E-state index in [0.717, 1.165) is 45.0 Å². The molecule has 1 N–H and O–H groups in total. The number of pyridine rings is 1. The van der Waals surface area contributed by atoms with Crippen molar-refractivity contribution < 1.29 is 0 Å². The van der Waals surface area contributed by atoms with Gasteiger partial charge in [-0.2, -0.15) is 0 Å². The van der Waals surface area contributed by atoms with Gasteiger partial charge in [0, 0.05) is 37.9 Å². The molecule has 118 valence electrons. The Morgan fingerprint density at radius 1 is 1.29 bits per heavy atom. The zero-order valence-corrected chi connectivity index (χ0v) is 14.0. The van der Waals surface area contributed by atoms with Crippen molar-refractivity contribution in [2.75, 3.05) is 38.1 Å². The van der Waals surface area contributed by atoms with Crippen LogP contribution in [0.4, 0.5) is 5.82 Å². The highest BCUT2D eigenvalue weighted by Crippen LogP contribution is 2.20. The van der Waals surface area contributed by atoms with Gasteiger partial charge in [-0.25, -0.2) is 4.98 Å². The maximum absolute atomic E-state index is 4.86. The first-order valence-electron chi connectivity index (χ1n) is 8.29. The molecule has 2 heterocycles. The van der Waals surface area contributed by atoms with Gasteiger partial charge < -0.3 is 15.1 Å². The number of likely N-dealkylation sites (N-methyl/N-ethyl adjacent to an activating group) is 1. The molecule has 0 spiro atoms. The molecule has 1 aliphatic rings. The zero-order valence-electron chi connectivity index (χ0n) is 14.0. The number of nitrogens with one attached hydrogen (secondary N) is 1. The molecule has 1 atom stereocenters. The minimum absolute atomic E-state index is 0.528. The number of hydrogen-bond acceptors (Lipinski definition) is 4. The number of hydrogen-bond donors (Lipinski definition) is 1. The van der Waals surface area contributed by atoms with E-state index in [4.69, 9.17) is 4.98 Å². The van der Waals surface area contributed by atoms with Crippen LogP contribution in [0.1, 0.15) is 38.4 Å². The smallest absolute Gasteiger partial charge is 0.129 e. The highest BCUT2D eigenvalue weighted by Gasteiger charge is 2.23. The van der Waals surface area contributed by atoms with Crippen LogP contribution in [0.3, 0.4) is 0 Å². The predicted octanol–water partition coefficient (Wildman–Crippen LogP) is 2.28. The lowest BCUT2D eigenvalue weighted by Gasteiger charge is -2.39. The molecular formula is C17H30N4. The molecular weight excluding hydrogens is 260 g/mol. The van der Waals surface area contributed by atoms with E-state index in [9.17, 15) is 0 Å². The van der Waals surface area contributed by atoms with Crippen LogP contribution in [-0.2, 0) is 13.0 Å². The lowest BCUT2D eigenvalue weighted by Crippen LogP contribution is -2.50. The summed E-state index contributed by atoms with van der Waals surface area (Å²) in [6.45, 7) is 12.0. The van der Waals surface area contributed by atoms with Crippen molar-refractivity contribution >= 4 is 5.82 Å². The molecule has 0 amide bonds. The van der Waals surface area contributed by atoms with E-state index in [-0.39, 0.29) is 0 Å². The zero-order chi connectivity index (χ0) is 15.2. The van der Waals surface area contributed by atoms with Crippen molar-refractivity contribution in [3.05, 3.63) is 23.4 Å². The van der Waals surface area contributed by atoms with Crippen LogP contribution in [-0.4, -0.2) is 49.2 Å². The summed E-state index contributed by atoms with van der Waals surface area (Å²) in [5, 5.41) is 3.50. The summed E-state index contributed by atoms with van der Waals surface area (Å²) in [6.07, 6.45) is 2.17. The van der Waals surface area contributed by atoms with E-state index in [1.165, 1.54) is 17.7 Å². The summed E-state index contributed by atoms with van der Waals surface area (Å²) >= 11 is 0. The Morgan fingerprint density at radius 2 is 2.10 bits per heavy atom. The molecule has 1 saturated heterocycles. The van der Waals surface area contributed by atoms with Crippen LogP contribution >= 0.6 is 0 Å². The van der Waals surface area contributed by atoms with Gasteiger partial charge in [-0.15, -0.1) is 0 Å². The summed E-state index contributed by atoms with van der Waals surface area (Å²) in [7, 11) is 2.20. The number of piperazine rings is 1. The molecule has 4 heteroatoms. The molecule has 0 bridgehead atoms. The number of aromatic nitrogens is 1. The highest BCUT2D eigenvalue weighted by atomic mass is 15.3. The first kappa shape index (κ1) is 16.2. The lowest BCUT2D eigenvalue weighted by molar-refractivity contribution is 0.274. The van der Waals surface area contributed by atoms with E-state index in [2.05, 4.69) is 55.1 Å². The first-order chi connectivity index (χ1) is 10.1. The summed E-state index contributed by atoms with van der Waals surface area (Å²) < 4.78 is 0. The summed E-state index contributed by atoms with van der Waals surface area (Å²) in [6, 6.07) is 5.04. The fraction of sp³-hybridized carbons (Fsp3) is 0.706. The quantitative estimate of drug-likeness (QED) is 0.815. The van der Waals surface area contributed by atoms with Gasteiger partial charge in [-0.1, -0.05) is 13.8 Å². The Labute approximate surface area is 129 Å². The van der Waals surface area contributed by atoms with Gasteiger partial charge in [0.1, 0.15) is 5.82 Å². The van der Waals surface area contributed by atoms with Gasteiger partial charge in [-0.05, 0) is 51.1 Å². The Kier molecular flexibility index (Phi) is 6.00. The molecule has 2 rings (SSSR count). The van der Waals surface area contributed by atoms with Gasteiger partial charge in [0.2, 0.25) is 0 Å². The first-order valence-corrected chi connectivity index (χ1v) is 8.29. The van der Waals surface area contributed by atoms with Crippen molar-refractivity contribution in [1.29, 1.82) is 0 Å². The van der Waals surface area contributed by atoms with Gasteiger partial charge in [0.25, 0.3) is 0 Å². The van der Waals surface area contributed by atoms with Crippen molar-refractivity contribution in [3.8, 4) is 0 Å². The molecule has 0 radical (unpaired) electrons. The summed E-state index contributed by atoms with van der Waals surface area (Å²) in [5.74, 6) is 1.16. The summed E-state index contributed by atoms with van der Waals surface area (Å²) in [4.78, 5) is 9.72. The second kappa shape index (κ2) is 7.76. The van der Waals surface area contributed by atoms with Crippen LogP contribution in [0, 0.1) is 0 Å². The number of rotatable bonds is 6. The lowest BCUT2D eigenvalue weighted by atomic mass is 10.1. The average Bonchev–Trinajstić information content (AvgIpc) is 2.47. The second-order valence-electron chi connectivity index (χ2n) is 6.16. The standard InChI is InChI=1S/C17H30N4/c1-5-7-18-12-15-10-16(6-2)19-17(11-15)21-9-8-20(4)13-14(21)3/h10-11,14,18H,5-9,12-13H2,1-4H3. The Bertz CT molecular complexity index is 446. The second-order valence-corrected chi connectivity index (χ2v) is 6.16. The third-order valence-corrected chi connectivity index (χ3v) is 4.17. The van der Waals surface area contributed by atoms with Gasteiger partial charge in [0.15, 0.2) is 0 Å². The molecule has 0 saturated carbocycles. The monoisotopic (exact) mass is 290 g/mol. The average molecular weight is 290 g/mol. The number of anilines is 1. The van der Waals surface area contributed by atoms with Crippen molar-refractivity contribution in [3.63, 3.8) is 0 Å². The van der Waals surface area contributed by atoms with E-state index in [0.29, 0.717) is 6.04 Å². The number of aryl methyl sites for hydroxylation is 1. The Hall–Kier alpha value is -1.13. The largest absolute Gasteiger partial charge is 0.351 e. The molecule has 4 nitrogen and oxygen atoms in total. The normalized spacial score (nSPS) is 20.0. The van der Waals surface area contributed by atoms with Crippen LogP contribution in [0.5, 0.6) is 0 Å². The van der Waals surface area contributed by atoms with Crippen LogP contribution in [0.2, 0.25) is 0 Å². The molecule has 1 aliphatic heterocycles. The van der Waals surface area contributed by atoms with Crippen LogP contribution in [0.25, 0.3) is 0 Å². The summed E-state index contributed by atoms with van der Waals surface area (Å²) in [5.41, 5.74) is 2.56. The maximum atomic E-state index is 4.86. The van der Waals surface area contributed by atoms with Crippen LogP contribution < -0.4 is 10.2 Å². The number of nitrogens with zero attached hydrogens (tertiary/aromatic N) is 3. The highest BCUT2D eigenvalue weighted by molar-refractivity contribution is 5.44. The molecule has 21 heavy (non-hydrogen) atoms. The fourth-order valence-electron chi connectivity index (χ4n) is 2.95. The topological polar surface area (TPSA) is 31.4 Å². The van der Waals surface area contributed by atoms with Gasteiger partial charge >= 0.3 is 0 Å². The van der Waals surface area contributed by atoms with E-state index < -0.39 is 0 Å². The molecule has 1 aromatic rings. The molecule has 1 fully saturated rings.